The van der Waals surface area contributed by atoms with E-state index in [1.165, 1.54) is 18.4 Å². The SMILES string of the molecule is CC(C(N)Cc1ccsc1)C1CC1. The van der Waals surface area contributed by atoms with Gasteiger partial charge >= 0.3 is 0 Å². The Morgan fingerprint density at radius 3 is 2.92 bits per heavy atom. The summed E-state index contributed by atoms with van der Waals surface area (Å²) in [6, 6.07) is 2.55. The van der Waals surface area contributed by atoms with Crippen LogP contribution in [0.4, 0.5) is 0 Å². The largest absolute Gasteiger partial charge is 0.327 e. The van der Waals surface area contributed by atoms with E-state index in [-0.39, 0.29) is 0 Å². The van der Waals surface area contributed by atoms with Crippen molar-refractivity contribution in [3.8, 4) is 0 Å². The van der Waals surface area contributed by atoms with Gasteiger partial charge in [-0.15, -0.1) is 0 Å². The second-order valence-corrected chi connectivity index (χ2v) is 4.98. The van der Waals surface area contributed by atoms with Gasteiger partial charge in [0.25, 0.3) is 0 Å². The molecular weight excluding hydrogens is 178 g/mol. The first-order valence-electron chi connectivity index (χ1n) is 5.04. The number of hydrogen-bond donors (Lipinski definition) is 1. The van der Waals surface area contributed by atoms with Crippen molar-refractivity contribution in [2.75, 3.05) is 0 Å². The van der Waals surface area contributed by atoms with Crippen molar-refractivity contribution >= 4 is 11.3 Å². The van der Waals surface area contributed by atoms with Crippen molar-refractivity contribution in [3.05, 3.63) is 22.4 Å². The van der Waals surface area contributed by atoms with Crippen LogP contribution in [0.1, 0.15) is 25.3 Å². The lowest BCUT2D eigenvalue weighted by Crippen LogP contribution is -2.31. The van der Waals surface area contributed by atoms with Crippen LogP contribution < -0.4 is 5.73 Å². The maximum Gasteiger partial charge on any atom is 0.0108 e. The van der Waals surface area contributed by atoms with Crippen molar-refractivity contribution in [3.63, 3.8) is 0 Å². The van der Waals surface area contributed by atoms with Gasteiger partial charge in [0.15, 0.2) is 0 Å². The maximum atomic E-state index is 6.15. The first-order chi connectivity index (χ1) is 6.27. The topological polar surface area (TPSA) is 26.0 Å². The highest BCUT2D eigenvalue weighted by atomic mass is 32.1. The van der Waals surface area contributed by atoms with Gasteiger partial charge in [-0.3, -0.25) is 0 Å². The van der Waals surface area contributed by atoms with Crippen molar-refractivity contribution in [2.24, 2.45) is 17.6 Å². The highest BCUT2D eigenvalue weighted by molar-refractivity contribution is 7.07. The molecule has 2 atom stereocenters. The summed E-state index contributed by atoms with van der Waals surface area (Å²) in [6.07, 6.45) is 3.86. The van der Waals surface area contributed by atoms with Gasteiger partial charge in [0.2, 0.25) is 0 Å². The fourth-order valence-corrected chi connectivity index (χ4v) is 2.52. The highest BCUT2D eigenvalue weighted by Gasteiger charge is 2.31. The van der Waals surface area contributed by atoms with E-state index in [2.05, 4.69) is 23.8 Å². The fraction of sp³-hybridized carbons (Fsp3) is 0.636. The van der Waals surface area contributed by atoms with Crippen LogP contribution in [-0.4, -0.2) is 6.04 Å². The van der Waals surface area contributed by atoms with Crippen LogP contribution in [0.25, 0.3) is 0 Å². The van der Waals surface area contributed by atoms with Crippen molar-refractivity contribution in [1.29, 1.82) is 0 Å². The minimum absolute atomic E-state index is 0.363. The van der Waals surface area contributed by atoms with Crippen LogP contribution in [0.3, 0.4) is 0 Å². The monoisotopic (exact) mass is 195 g/mol. The first kappa shape index (κ1) is 9.22. The molecule has 72 valence electrons. The van der Waals surface area contributed by atoms with E-state index in [0.717, 1.165) is 12.3 Å². The van der Waals surface area contributed by atoms with Crippen LogP contribution in [-0.2, 0) is 6.42 Å². The molecule has 0 amide bonds. The zero-order chi connectivity index (χ0) is 9.26. The lowest BCUT2D eigenvalue weighted by molar-refractivity contribution is 0.404. The molecule has 2 N–H and O–H groups in total. The molecule has 0 saturated heterocycles. The van der Waals surface area contributed by atoms with E-state index in [4.69, 9.17) is 5.73 Å². The van der Waals surface area contributed by atoms with Crippen LogP contribution in [0.15, 0.2) is 16.8 Å². The number of thiophene rings is 1. The Morgan fingerprint density at radius 2 is 2.38 bits per heavy atom. The Kier molecular flexibility index (Phi) is 2.70. The third-order valence-corrected chi connectivity index (χ3v) is 3.82. The van der Waals surface area contributed by atoms with Gasteiger partial charge in [0.1, 0.15) is 0 Å². The van der Waals surface area contributed by atoms with Gasteiger partial charge in [-0.2, -0.15) is 11.3 Å². The molecule has 13 heavy (non-hydrogen) atoms. The van der Waals surface area contributed by atoms with E-state index >= 15 is 0 Å². The maximum absolute atomic E-state index is 6.15. The molecule has 0 radical (unpaired) electrons. The number of nitrogens with two attached hydrogens (primary N) is 1. The van der Waals surface area contributed by atoms with Crippen LogP contribution in [0, 0.1) is 11.8 Å². The van der Waals surface area contributed by atoms with Gasteiger partial charge in [-0.25, -0.2) is 0 Å². The molecule has 1 aromatic heterocycles. The summed E-state index contributed by atoms with van der Waals surface area (Å²) in [7, 11) is 0. The molecule has 1 saturated carbocycles. The Hall–Kier alpha value is -0.340. The summed E-state index contributed by atoms with van der Waals surface area (Å²) in [5, 5.41) is 4.34. The molecule has 2 unspecified atom stereocenters. The third kappa shape index (κ3) is 2.32. The summed E-state index contributed by atoms with van der Waals surface area (Å²) in [5.41, 5.74) is 7.56. The van der Waals surface area contributed by atoms with Gasteiger partial charge in [-0.1, -0.05) is 6.92 Å². The molecule has 1 aliphatic carbocycles. The average Bonchev–Trinajstić information content (AvgIpc) is 2.85. The minimum atomic E-state index is 0.363. The van der Waals surface area contributed by atoms with Crippen molar-refractivity contribution < 1.29 is 0 Å². The Bertz CT molecular complexity index is 251. The van der Waals surface area contributed by atoms with Gasteiger partial charge < -0.3 is 5.73 Å². The Balaban J connectivity index is 1.86. The second-order valence-electron chi connectivity index (χ2n) is 4.20. The fourth-order valence-electron chi connectivity index (χ4n) is 1.84. The molecule has 2 heteroatoms. The van der Waals surface area contributed by atoms with Gasteiger partial charge in [0.05, 0.1) is 0 Å². The van der Waals surface area contributed by atoms with E-state index in [1.807, 2.05) is 0 Å². The predicted molar refractivity (Wildman–Crippen MR) is 57.9 cm³/mol. The molecule has 0 spiro atoms. The molecule has 0 bridgehead atoms. The first-order valence-corrected chi connectivity index (χ1v) is 5.98. The van der Waals surface area contributed by atoms with E-state index < -0.39 is 0 Å². The van der Waals surface area contributed by atoms with Crippen molar-refractivity contribution in [2.45, 2.75) is 32.2 Å². The summed E-state index contributed by atoms with van der Waals surface area (Å²) in [4.78, 5) is 0. The van der Waals surface area contributed by atoms with E-state index in [9.17, 15) is 0 Å². The molecule has 2 rings (SSSR count). The van der Waals surface area contributed by atoms with Crippen LogP contribution >= 0.6 is 11.3 Å². The third-order valence-electron chi connectivity index (χ3n) is 3.09. The molecular formula is C11H17NS. The Morgan fingerprint density at radius 1 is 1.62 bits per heavy atom. The molecule has 1 nitrogen and oxygen atoms in total. The van der Waals surface area contributed by atoms with Crippen LogP contribution in [0.2, 0.25) is 0 Å². The van der Waals surface area contributed by atoms with Gasteiger partial charge in [0, 0.05) is 6.04 Å². The lowest BCUT2D eigenvalue weighted by atomic mass is 9.93. The summed E-state index contributed by atoms with van der Waals surface area (Å²) in [6.45, 7) is 2.30. The number of hydrogen-bond acceptors (Lipinski definition) is 2. The molecule has 0 aliphatic heterocycles. The normalized spacial score (nSPS) is 21.4. The summed E-state index contributed by atoms with van der Waals surface area (Å²) < 4.78 is 0. The smallest absolute Gasteiger partial charge is 0.0108 e. The summed E-state index contributed by atoms with van der Waals surface area (Å²) >= 11 is 1.76. The second kappa shape index (κ2) is 3.81. The summed E-state index contributed by atoms with van der Waals surface area (Å²) in [5.74, 6) is 1.63. The standard InChI is InChI=1S/C11H17NS/c1-8(10-2-3-10)11(12)6-9-4-5-13-7-9/h4-5,7-8,10-11H,2-3,6,12H2,1H3. The zero-order valence-corrected chi connectivity index (χ0v) is 8.89. The lowest BCUT2D eigenvalue weighted by Gasteiger charge is -2.18. The number of rotatable bonds is 4. The molecule has 1 aliphatic rings. The quantitative estimate of drug-likeness (QED) is 0.785. The molecule has 1 aromatic rings. The van der Waals surface area contributed by atoms with Gasteiger partial charge in [-0.05, 0) is 53.5 Å². The zero-order valence-electron chi connectivity index (χ0n) is 8.07. The minimum Gasteiger partial charge on any atom is -0.327 e. The molecule has 1 fully saturated rings. The van der Waals surface area contributed by atoms with E-state index in [0.29, 0.717) is 12.0 Å². The molecule has 1 heterocycles. The predicted octanol–water partition coefficient (Wildman–Crippen LogP) is 2.66. The van der Waals surface area contributed by atoms with Crippen molar-refractivity contribution in [1.82, 2.24) is 0 Å². The average molecular weight is 195 g/mol. The van der Waals surface area contributed by atoms with Crippen LogP contribution in [0.5, 0.6) is 0 Å². The highest BCUT2D eigenvalue weighted by Crippen LogP contribution is 2.38. The van der Waals surface area contributed by atoms with E-state index in [1.54, 1.807) is 11.3 Å². The molecule has 0 aromatic carbocycles. The Labute approximate surface area is 84.0 Å².